The van der Waals surface area contributed by atoms with E-state index < -0.39 is 17.6 Å². The van der Waals surface area contributed by atoms with Crippen molar-refractivity contribution >= 4 is 0 Å². The van der Waals surface area contributed by atoms with Crippen molar-refractivity contribution in [2.45, 2.75) is 153 Å². The summed E-state index contributed by atoms with van der Waals surface area (Å²) < 4.78 is 0. The van der Waals surface area contributed by atoms with Gasteiger partial charge in [0.1, 0.15) is 0 Å². The molecule has 0 fully saturated rings. The van der Waals surface area contributed by atoms with Crippen LogP contribution in [0.1, 0.15) is 136 Å². The van der Waals surface area contributed by atoms with E-state index >= 15 is 0 Å². The van der Waals surface area contributed by atoms with E-state index in [4.69, 9.17) is 5.73 Å². The molecule has 29 heavy (non-hydrogen) atoms. The van der Waals surface area contributed by atoms with Crippen molar-refractivity contribution in [1.82, 2.24) is 0 Å². The van der Waals surface area contributed by atoms with Gasteiger partial charge in [0.15, 0.2) is 11.6 Å². The average molecular weight is 418 g/mol. The molecule has 0 aromatic heterocycles. The first kappa shape index (κ1) is 28.8. The number of aliphatic hydroxyl groups is 4. The van der Waals surface area contributed by atoms with Crippen molar-refractivity contribution < 1.29 is 20.4 Å². The van der Waals surface area contributed by atoms with Gasteiger partial charge in [-0.15, -0.1) is 0 Å². The Bertz CT molecular complexity index is 361. The zero-order valence-electron chi connectivity index (χ0n) is 19.4. The Labute approximate surface area is 180 Å². The molecule has 0 bridgehead atoms. The molecule has 0 saturated heterocycles. The fourth-order valence-corrected chi connectivity index (χ4v) is 3.74. The second kappa shape index (κ2) is 17.5. The van der Waals surface area contributed by atoms with Gasteiger partial charge in [0.2, 0.25) is 0 Å². The molecule has 0 aliphatic carbocycles. The van der Waals surface area contributed by atoms with Crippen LogP contribution in [0.15, 0.2) is 0 Å². The van der Waals surface area contributed by atoms with Gasteiger partial charge >= 0.3 is 0 Å². The summed E-state index contributed by atoms with van der Waals surface area (Å²) in [7, 11) is 0. The molecular weight excluding hydrogens is 366 g/mol. The van der Waals surface area contributed by atoms with Crippen LogP contribution in [0.25, 0.3) is 0 Å². The molecule has 0 aromatic carbocycles. The van der Waals surface area contributed by atoms with Crippen molar-refractivity contribution in [3.8, 4) is 0 Å². The SMILES string of the molecule is CCC(O)(O)CCCCCCCCCCCCCCCCCC(N)C(O)(O)CC. The molecule has 0 aliphatic heterocycles. The molecule has 0 heterocycles. The molecule has 0 aromatic rings. The maximum atomic E-state index is 9.67. The predicted molar refractivity (Wildman–Crippen MR) is 121 cm³/mol. The van der Waals surface area contributed by atoms with E-state index in [1.807, 2.05) is 6.92 Å². The standard InChI is InChI=1S/C24H51NO4/c1-3-23(26,27)21-19-17-15-13-11-9-7-5-6-8-10-12-14-16-18-20-22(25)24(28,29)4-2/h22,26-29H,3-21,25H2,1-2H3. The van der Waals surface area contributed by atoms with Gasteiger partial charge < -0.3 is 26.2 Å². The van der Waals surface area contributed by atoms with Crippen LogP contribution in [-0.4, -0.2) is 38.0 Å². The number of hydrogen-bond acceptors (Lipinski definition) is 5. The summed E-state index contributed by atoms with van der Waals surface area (Å²) in [6.07, 6.45) is 20.3. The van der Waals surface area contributed by atoms with Crippen LogP contribution in [0.5, 0.6) is 0 Å². The fraction of sp³-hybridized carbons (Fsp3) is 1.00. The molecule has 0 aliphatic rings. The van der Waals surface area contributed by atoms with E-state index in [2.05, 4.69) is 0 Å². The molecule has 0 radical (unpaired) electrons. The van der Waals surface area contributed by atoms with Gasteiger partial charge in [-0.2, -0.15) is 0 Å². The van der Waals surface area contributed by atoms with Gasteiger partial charge in [0.05, 0.1) is 6.04 Å². The number of rotatable bonds is 21. The fourth-order valence-electron chi connectivity index (χ4n) is 3.74. The predicted octanol–water partition coefficient (Wildman–Crippen LogP) is 5.13. The van der Waals surface area contributed by atoms with Crippen molar-refractivity contribution in [3.63, 3.8) is 0 Å². The summed E-state index contributed by atoms with van der Waals surface area (Å²) in [5.74, 6) is -3.16. The quantitative estimate of drug-likeness (QED) is 0.131. The highest BCUT2D eigenvalue weighted by atomic mass is 16.5. The van der Waals surface area contributed by atoms with Crippen LogP contribution in [0, 0.1) is 0 Å². The van der Waals surface area contributed by atoms with Crippen LogP contribution >= 0.6 is 0 Å². The Balaban J connectivity index is 3.23. The van der Waals surface area contributed by atoms with E-state index in [1.54, 1.807) is 6.92 Å². The Morgan fingerprint density at radius 3 is 1.24 bits per heavy atom. The zero-order chi connectivity index (χ0) is 22.0. The lowest BCUT2D eigenvalue weighted by Crippen LogP contribution is -2.47. The molecule has 0 amide bonds. The molecule has 1 atom stereocenters. The molecule has 0 saturated carbocycles. The maximum Gasteiger partial charge on any atom is 0.177 e. The monoisotopic (exact) mass is 417 g/mol. The molecule has 6 N–H and O–H groups in total. The lowest BCUT2D eigenvalue weighted by molar-refractivity contribution is -0.179. The van der Waals surface area contributed by atoms with Crippen LogP contribution in [0.2, 0.25) is 0 Å². The summed E-state index contributed by atoms with van der Waals surface area (Å²) in [5.41, 5.74) is 5.83. The zero-order valence-corrected chi connectivity index (χ0v) is 19.4. The van der Waals surface area contributed by atoms with Crippen LogP contribution in [0.4, 0.5) is 0 Å². The summed E-state index contributed by atoms with van der Waals surface area (Å²) in [6.45, 7) is 3.56. The molecule has 176 valence electrons. The summed E-state index contributed by atoms with van der Waals surface area (Å²) in [4.78, 5) is 0. The van der Waals surface area contributed by atoms with Crippen LogP contribution < -0.4 is 5.73 Å². The smallest absolute Gasteiger partial charge is 0.177 e. The highest BCUT2D eigenvalue weighted by Gasteiger charge is 2.28. The minimum atomic E-state index is -1.71. The van der Waals surface area contributed by atoms with E-state index in [1.165, 1.54) is 70.6 Å². The van der Waals surface area contributed by atoms with Gasteiger partial charge in [-0.25, -0.2) is 0 Å². The first-order valence-corrected chi connectivity index (χ1v) is 12.4. The van der Waals surface area contributed by atoms with E-state index in [-0.39, 0.29) is 6.42 Å². The van der Waals surface area contributed by atoms with Gasteiger partial charge in [-0.3, -0.25) is 0 Å². The van der Waals surface area contributed by atoms with Crippen molar-refractivity contribution in [1.29, 1.82) is 0 Å². The second-order valence-electron chi connectivity index (χ2n) is 9.02. The van der Waals surface area contributed by atoms with Gasteiger partial charge in [-0.1, -0.05) is 104 Å². The highest BCUT2D eigenvalue weighted by Crippen LogP contribution is 2.18. The lowest BCUT2D eigenvalue weighted by Gasteiger charge is -2.27. The normalized spacial score (nSPS) is 13.8. The van der Waals surface area contributed by atoms with Crippen LogP contribution in [0.3, 0.4) is 0 Å². The second-order valence-corrected chi connectivity index (χ2v) is 9.02. The van der Waals surface area contributed by atoms with Crippen molar-refractivity contribution in [2.75, 3.05) is 0 Å². The summed E-state index contributed by atoms with van der Waals surface area (Å²) in [5, 5.41) is 38.4. The van der Waals surface area contributed by atoms with Crippen LogP contribution in [-0.2, 0) is 0 Å². The van der Waals surface area contributed by atoms with Crippen molar-refractivity contribution in [2.24, 2.45) is 5.73 Å². The van der Waals surface area contributed by atoms with Gasteiger partial charge in [0, 0.05) is 6.42 Å². The number of hydrogen-bond donors (Lipinski definition) is 5. The number of nitrogens with two attached hydrogens (primary N) is 1. The molecular formula is C24H51NO4. The van der Waals surface area contributed by atoms with Gasteiger partial charge in [0.25, 0.3) is 0 Å². The Morgan fingerprint density at radius 1 is 0.552 bits per heavy atom. The summed E-state index contributed by atoms with van der Waals surface area (Å²) in [6, 6.07) is -0.533. The lowest BCUT2D eigenvalue weighted by atomic mass is 9.98. The van der Waals surface area contributed by atoms with E-state index in [0.717, 1.165) is 25.7 Å². The molecule has 5 nitrogen and oxygen atoms in total. The molecule has 0 spiro atoms. The Hall–Kier alpha value is -0.200. The largest absolute Gasteiger partial charge is 0.366 e. The molecule has 1 unspecified atom stereocenters. The minimum Gasteiger partial charge on any atom is -0.366 e. The van der Waals surface area contributed by atoms with E-state index in [9.17, 15) is 20.4 Å². The number of unbranched alkanes of at least 4 members (excludes halogenated alkanes) is 14. The first-order chi connectivity index (χ1) is 13.7. The molecule has 0 rings (SSSR count). The van der Waals surface area contributed by atoms with E-state index in [0.29, 0.717) is 19.3 Å². The Kier molecular flexibility index (Phi) is 17.4. The Morgan fingerprint density at radius 2 is 0.897 bits per heavy atom. The van der Waals surface area contributed by atoms with Gasteiger partial charge in [-0.05, 0) is 25.7 Å². The van der Waals surface area contributed by atoms with Crippen molar-refractivity contribution in [3.05, 3.63) is 0 Å². The topological polar surface area (TPSA) is 107 Å². The third-order valence-electron chi connectivity index (χ3n) is 6.27. The average Bonchev–Trinajstić information content (AvgIpc) is 2.69. The summed E-state index contributed by atoms with van der Waals surface area (Å²) >= 11 is 0. The first-order valence-electron chi connectivity index (χ1n) is 12.4. The maximum absolute atomic E-state index is 9.67. The third-order valence-corrected chi connectivity index (χ3v) is 6.27. The molecule has 5 heteroatoms. The third kappa shape index (κ3) is 17.2. The minimum absolute atomic E-state index is 0.281. The highest BCUT2D eigenvalue weighted by molar-refractivity contribution is 4.77.